The van der Waals surface area contributed by atoms with Gasteiger partial charge in [-0.1, -0.05) is 6.92 Å². The van der Waals surface area contributed by atoms with Gasteiger partial charge < -0.3 is 10.1 Å². The summed E-state index contributed by atoms with van der Waals surface area (Å²) in [6.07, 6.45) is 3.95. The lowest BCUT2D eigenvalue weighted by molar-refractivity contribution is 0.0789. The van der Waals surface area contributed by atoms with Crippen molar-refractivity contribution < 1.29 is 4.74 Å². The summed E-state index contributed by atoms with van der Waals surface area (Å²) in [5.41, 5.74) is 1.43. The minimum absolute atomic E-state index is 0.421. The number of hydrogen-bond acceptors (Lipinski definition) is 3. The molecule has 1 aromatic rings. The van der Waals surface area contributed by atoms with Crippen molar-refractivity contribution in [3.05, 3.63) is 22.4 Å². The molecule has 0 saturated carbocycles. The quantitative estimate of drug-likeness (QED) is 0.831. The van der Waals surface area contributed by atoms with Gasteiger partial charge in [-0.25, -0.2) is 0 Å². The van der Waals surface area contributed by atoms with Gasteiger partial charge in [0.1, 0.15) is 0 Å². The van der Waals surface area contributed by atoms with Crippen LogP contribution in [0.2, 0.25) is 0 Å². The SMILES string of the molecule is CCNC(Cc1ccsc1)C1CCCO1. The Balaban J connectivity index is 1.93. The summed E-state index contributed by atoms with van der Waals surface area (Å²) in [6, 6.07) is 2.70. The third-order valence-corrected chi connectivity index (χ3v) is 3.65. The third kappa shape index (κ3) is 3.03. The highest BCUT2D eigenvalue weighted by Crippen LogP contribution is 2.19. The highest BCUT2D eigenvalue weighted by molar-refractivity contribution is 7.07. The van der Waals surface area contributed by atoms with Gasteiger partial charge in [0, 0.05) is 12.6 Å². The average Bonchev–Trinajstić information content (AvgIpc) is 2.89. The van der Waals surface area contributed by atoms with Crippen LogP contribution in [0.25, 0.3) is 0 Å². The normalized spacial score (nSPS) is 23.1. The Morgan fingerprint density at radius 1 is 1.67 bits per heavy atom. The average molecular weight is 225 g/mol. The molecule has 2 nitrogen and oxygen atoms in total. The molecule has 0 radical (unpaired) electrons. The Hall–Kier alpha value is -0.380. The lowest BCUT2D eigenvalue weighted by atomic mass is 10.0. The van der Waals surface area contributed by atoms with Gasteiger partial charge >= 0.3 is 0 Å². The first-order chi connectivity index (χ1) is 7.40. The summed E-state index contributed by atoms with van der Waals surface area (Å²) >= 11 is 1.77. The zero-order chi connectivity index (χ0) is 10.5. The first kappa shape index (κ1) is 11.1. The van der Waals surface area contributed by atoms with Crippen LogP contribution in [0.1, 0.15) is 25.3 Å². The molecule has 0 aromatic carbocycles. The van der Waals surface area contributed by atoms with Crippen molar-refractivity contribution in [1.29, 1.82) is 0 Å². The molecular weight excluding hydrogens is 206 g/mol. The standard InChI is InChI=1S/C12H19NOS/c1-2-13-11(12-4-3-6-14-12)8-10-5-7-15-9-10/h5,7,9,11-13H,2-4,6,8H2,1H3. The van der Waals surface area contributed by atoms with Gasteiger partial charge in [-0.05, 0) is 48.2 Å². The van der Waals surface area contributed by atoms with Crippen molar-refractivity contribution in [3.63, 3.8) is 0 Å². The van der Waals surface area contributed by atoms with Crippen LogP contribution in [-0.4, -0.2) is 25.3 Å². The lowest BCUT2D eigenvalue weighted by Gasteiger charge is -2.23. The summed E-state index contributed by atoms with van der Waals surface area (Å²) in [4.78, 5) is 0. The van der Waals surface area contributed by atoms with Gasteiger partial charge in [-0.3, -0.25) is 0 Å². The molecule has 2 rings (SSSR count). The summed E-state index contributed by atoms with van der Waals surface area (Å²) in [5, 5.41) is 7.92. The monoisotopic (exact) mass is 225 g/mol. The minimum Gasteiger partial charge on any atom is -0.377 e. The molecule has 0 spiro atoms. The predicted molar refractivity (Wildman–Crippen MR) is 64.5 cm³/mol. The highest BCUT2D eigenvalue weighted by Gasteiger charge is 2.25. The Kier molecular flexibility index (Phi) is 4.18. The fourth-order valence-corrected chi connectivity index (χ4v) is 2.86. The smallest absolute Gasteiger partial charge is 0.0732 e. The van der Waals surface area contributed by atoms with E-state index >= 15 is 0 Å². The van der Waals surface area contributed by atoms with Crippen molar-refractivity contribution in [2.75, 3.05) is 13.2 Å². The van der Waals surface area contributed by atoms with E-state index in [1.807, 2.05) is 0 Å². The molecule has 1 aliphatic rings. The fourth-order valence-electron chi connectivity index (χ4n) is 2.18. The van der Waals surface area contributed by atoms with E-state index in [1.165, 1.54) is 18.4 Å². The number of thiophene rings is 1. The van der Waals surface area contributed by atoms with Crippen LogP contribution in [0.5, 0.6) is 0 Å². The molecule has 0 bridgehead atoms. The first-order valence-corrected chi connectivity index (χ1v) is 6.70. The second kappa shape index (κ2) is 5.64. The molecule has 0 amide bonds. The number of nitrogens with one attached hydrogen (secondary N) is 1. The largest absolute Gasteiger partial charge is 0.377 e. The summed E-state index contributed by atoms with van der Waals surface area (Å²) < 4.78 is 5.76. The van der Waals surface area contributed by atoms with Crippen LogP contribution in [0, 0.1) is 0 Å². The third-order valence-electron chi connectivity index (χ3n) is 2.92. The summed E-state index contributed by atoms with van der Waals surface area (Å²) in [6.45, 7) is 4.13. The van der Waals surface area contributed by atoms with Crippen molar-refractivity contribution in [2.24, 2.45) is 0 Å². The topological polar surface area (TPSA) is 21.3 Å². The molecule has 3 heteroatoms. The zero-order valence-electron chi connectivity index (χ0n) is 9.24. The van der Waals surface area contributed by atoms with Crippen LogP contribution < -0.4 is 5.32 Å². The predicted octanol–water partition coefficient (Wildman–Crippen LogP) is 2.45. The Morgan fingerprint density at radius 3 is 3.20 bits per heavy atom. The van der Waals surface area contributed by atoms with E-state index in [0.29, 0.717) is 12.1 Å². The van der Waals surface area contributed by atoms with E-state index in [0.717, 1.165) is 19.6 Å². The van der Waals surface area contributed by atoms with E-state index in [2.05, 4.69) is 29.1 Å². The van der Waals surface area contributed by atoms with E-state index in [-0.39, 0.29) is 0 Å². The fraction of sp³-hybridized carbons (Fsp3) is 0.667. The Morgan fingerprint density at radius 2 is 2.60 bits per heavy atom. The van der Waals surface area contributed by atoms with Crippen molar-refractivity contribution in [2.45, 2.75) is 38.3 Å². The van der Waals surface area contributed by atoms with Crippen LogP contribution in [-0.2, 0) is 11.2 Å². The van der Waals surface area contributed by atoms with Crippen LogP contribution in [0.15, 0.2) is 16.8 Å². The van der Waals surface area contributed by atoms with Crippen LogP contribution in [0.3, 0.4) is 0 Å². The van der Waals surface area contributed by atoms with Crippen LogP contribution >= 0.6 is 11.3 Å². The molecule has 2 heterocycles. The second-order valence-corrected chi connectivity index (χ2v) is 4.83. The maximum absolute atomic E-state index is 5.76. The number of likely N-dealkylation sites (N-methyl/N-ethyl adjacent to an activating group) is 1. The molecule has 15 heavy (non-hydrogen) atoms. The van der Waals surface area contributed by atoms with Gasteiger partial charge in [0.15, 0.2) is 0 Å². The van der Waals surface area contributed by atoms with Crippen molar-refractivity contribution in [3.8, 4) is 0 Å². The lowest BCUT2D eigenvalue weighted by Crippen LogP contribution is -2.41. The van der Waals surface area contributed by atoms with E-state index in [4.69, 9.17) is 4.74 Å². The number of rotatable bonds is 5. The minimum atomic E-state index is 0.421. The highest BCUT2D eigenvalue weighted by atomic mass is 32.1. The number of hydrogen-bond donors (Lipinski definition) is 1. The van der Waals surface area contributed by atoms with Gasteiger partial charge in [0.05, 0.1) is 6.10 Å². The Labute approximate surface area is 95.6 Å². The van der Waals surface area contributed by atoms with E-state index in [1.54, 1.807) is 11.3 Å². The zero-order valence-corrected chi connectivity index (χ0v) is 10.1. The van der Waals surface area contributed by atoms with E-state index in [9.17, 15) is 0 Å². The van der Waals surface area contributed by atoms with Crippen molar-refractivity contribution >= 4 is 11.3 Å². The van der Waals surface area contributed by atoms with Crippen LogP contribution in [0.4, 0.5) is 0 Å². The molecule has 1 fully saturated rings. The van der Waals surface area contributed by atoms with Gasteiger partial charge in [0.25, 0.3) is 0 Å². The van der Waals surface area contributed by atoms with Gasteiger partial charge in [0.2, 0.25) is 0 Å². The molecule has 1 N–H and O–H groups in total. The molecule has 1 aromatic heterocycles. The molecule has 0 aliphatic carbocycles. The molecule has 84 valence electrons. The maximum Gasteiger partial charge on any atom is 0.0732 e. The second-order valence-electron chi connectivity index (χ2n) is 4.05. The van der Waals surface area contributed by atoms with Crippen molar-refractivity contribution in [1.82, 2.24) is 5.32 Å². The molecule has 2 unspecified atom stereocenters. The van der Waals surface area contributed by atoms with Gasteiger partial charge in [-0.2, -0.15) is 11.3 Å². The maximum atomic E-state index is 5.76. The molecule has 1 aliphatic heterocycles. The molecular formula is C12H19NOS. The number of ether oxygens (including phenoxy) is 1. The first-order valence-electron chi connectivity index (χ1n) is 5.76. The molecule has 2 atom stereocenters. The summed E-state index contributed by atoms with van der Waals surface area (Å²) in [5.74, 6) is 0. The van der Waals surface area contributed by atoms with E-state index < -0.39 is 0 Å². The van der Waals surface area contributed by atoms with Gasteiger partial charge in [-0.15, -0.1) is 0 Å². The molecule has 1 saturated heterocycles. The summed E-state index contributed by atoms with van der Waals surface area (Å²) in [7, 11) is 0. The Bertz CT molecular complexity index is 267.